The molecule has 7 heteroatoms. The molecule has 0 aliphatic heterocycles. The molecule has 0 saturated carbocycles. The topological polar surface area (TPSA) is 97.4 Å². The van der Waals surface area contributed by atoms with Crippen LogP contribution in [0.1, 0.15) is 51.7 Å². The van der Waals surface area contributed by atoms with E-state index >= 15 is 0 Å². The van der Waals surface area contributed by atoms with Crippen LogP contribution in [-0.4, -0.2) is 16.8 Å². The number of anilines is 1. The number of oxazole rings is 1. The number of carbonyl (C=O) groups excluding carboxylic acids is 2. The first kappa shape index (κ1) is 23.0. The summed E-state index contributed by atoms with van der Waals surface area (Å²) >= 11 is 0. The van der Waals surface area contributed by atoms with E-state index in [-0.39, 0.29) is 24.3 Å². The Morgan fingerprint density at radius 1 is 0.941 bits per heavy atom. The highest BCUT2D eigenvalue weighted by molar-refractivity contribution is 6.05. The summed E-state index contributed by atoms with van der Waals surface area (Å²) < 4.78 is 11.3. The van der Waals surface area contributed by atoms with Crippen molar-refractivity contribution in [2.75, 3.05) is 5.32 Å². The van der Waals surface area contributed by atoms with E-state index in [1.807, 2.05) is 56.3 Å². The van der Waals surface area contributed by atoms with Crippen LogP contribution in [0.25, 0.3) is 11.5 Å². The van der Waals surface area contributed by atoms with Gasteiger partial charge in [0.05, 0.1) is 18.0 Å². The Morgan fingerprint density at radius 3 is 2.41 bits per heavy atom. The summed E-state index contributed by atoms with van der Waals surface area (Å²) in [6.07, 6.45) is 0. The molecule has 7 nitrogen and oxygen atoms in total. The normalized spacial score (nSPS) is 11.8. The van der Waals surface area contributed by atoms with E-state index in [1.54, 1.807) is 32.0 Å². The lowest BCUT2D eigenvalue weighted by atomic mass is 10.0. The third-order valence-corrected chi connectivity index (χ3v) is 5.67. The Bertz CT molecular complexity index is 1320. The van der Waals surface area contributed by atoms with Crippen LogP contribution in [-0.2, 0) is 11.3 Å². The van der Waals surface area contributed by atoms with Gasteiger partial charge in [0.15, 0.2) is 0 Å². The first-order chi connectivity index (χ1) is 16.3. The number of nitrogens with one attached hydrogen (secondary N) is 2. The number of aromatic nitrogens is 1. The lowest BCUT2D eigenvalue weighted by Crippen LogP contribution is -2.27. The number of hydrogen-bond donors (Lipinski definition) is 2. The lowest BCUT2D eigenvalue weighted by Gasteiger charge is -2.11. The molecule has 0 unspecified atom stereocenters. The summed E-state index contributed by atoms with van der Waals surface area (Å²) in [7, 11) is 0. The van der Waals surface area contributed by atoms with Crippen LogP contribution in [0.3, 0.4) is 0 Å². The Labute approximate surface area is 198 Å². The number of nitrogens with zero attached hydrogens (tertiary/aromatic N) is 1. The largest absolute Gasteiger partial charge is 0.466 e. The zero-order chi connectivity index (χ0) is 24.2. The van der Waals surface area contributed by atoms with E-state index in [0.29, 0.717) is 40.1 Å². The van der Waals surface area contributed by atoms with Crippen molar-refractivity contribution in [3.63, 3.8) is 0 Å². The Kier molecular flexibility index (Phi) is 6.63. The average molecular weight is 458 g/mol. The van der Waals surface area contributed by atoms with Crippen molar-refractivity contribution in [1.29, 1.82) is 0 Å². The second-order valence-corrected chi connectivity index (χ2v) is 8.23. The summed E-state index contributed by atoms with van der Waals surface area (Å²) in [6.45, 7) is 7.51. The third-order valence-electron chi connectivity index (χ3n) is 5.67. The molecule has 0 spiro atoms. The van der Waals surface area contributed by atoms with Crippen LogP contribution in [0, 0.1) is 20.8 Å². The highest BCUT2D eigenvalue weighted by atomic mass is 16.4. The first-order valence-electron chi connectivity index (χ1n) is 11.1. The molecule has 4 aromatic rings. The van der Waals surface area contributed by atoms with Gasteiger partial charge >= 0.3 is 0 Å². The maximum absolute atomic E-state index is 12.6. The Balaban J connectivity index is 1.44. The highest BCUT2D eigenvalue weighted by Gasteiger charge is 2.18. The maximum atomic E-state index is 12.6. The predicted octanol–water partition coefficient (Wildman–Crippen LogP) is 5.53. The van der Waals surface area contributed by atoms with Crippen molar-refractivity contribution < 1.29 is 18.4 Å². The summed E-state index contributed by atoms with van der Waals surface area (Å²) in [6, 6.07) is 18.6. The summed E-state index contributed by atoms with van der Waals surface area (Å²) in [5.74, 6) is 1.71. The number of amides is 2. The van der Waals surface area contributed by atoms with Crippen LogP contribution >= 0.6 is 0 Å². The summed E-state index contributed by atoms with van der Waals surface area (Å²) in [5, 5.41) is 5.83. The van der Waals surface area contributed by atoms with Crippen LogP contribution in [0.4, 0.5) is 5.69 Å². The van der Waals surface area contributed by atoms with Crippen LogP contribution in [0.15, 0.2) is 69.5 Å². The van der Waals surface area contributed by atoms with E-state index in [9.17, 15) is 9.59 Å². The van der Waals surface area contributed by atoms with Crippen molar-refractivity contribution >= 4 is 17.5 Å². The fraction of sp³-hybridized carbons (Fsp3) is 0.222. The van der Waals surface area contributed by atoms with Gasteiger partial charge in [-0.3, -0.25) is 9.59 Å². The molecule has 2 aromatic carbocycles. The summed E-state index contributed by atoms with van der Waals surface area (Å²) in [4.78, 5) is 29.8. The molecule has 2 aromatic heterocycles. The molecule has 0 aliphatic rings. The van der Waals surface area contributed by atoms with E-state index in [1.165, 1.54) is 0 Å². The van der Waals surface area contributed by atoms with Crippen LogP contribution in [0.2, 0.25) is 0 Å². The quantitative estimate of drug-likeness (QED) is 0.380. The highest BCUT2D eigenvalue weighted by Crippen LogP contribution is 2.25. The fourth-order valence-corrected chi connectivity index (χ4v) is 3.72. The van der Waals surface area contributed by atoms with E-state index in [2.05, 4.69) is 15.6 Å². The monoisotopic (exact) mass is 457 g/mol. The van der Waals surface area contributed by atoms with E-state index in [0.717, 1.165) is 11.1 Å². The molecule has 0 bridgehead atoms. The first-order valence-corrected chi connectivity index (χ1v) is 11.1. The minimum atomic E-state index is -0.268. The molecule has 1 atom stereocenters. The van der Waals surface area contributed by atoms with Crippen molar-refractivity contribution in [3.8, 4) is 11.5 Å². The standard InChI is InChI=1S/C27H27N3O4/c1-16-13-23(18(3)33-16)26(32)29-22-12-8-11-21(14-22)27-30-24(19(4)34-27)15-28-25(31)17(2)20-9-6-5-7-10-20/h5-14,17H,15H2,1-4H3,(H,28,31)(H,29,32)/t17-/m1/s1. The number of hydrogen-bond acceptors (Lipinski definition) is 5. The second kappa shape index (κ2) is 9.79. The molecule has 2 heterocycles. The number of furan rings is 1. The maximum Gasteiger partial charge on any atom is 0.259 e. The summed E-state index contributed by atoms with van der Waals surface area (Å²) in [5.41, 5.74) is 3.44. The predicted molar refractivity (Wildman–Crippen MR) is 130 cm³/mol. The molecule has 0 radical (unpaired) electrons. The zero-order valence-corrected chi connectivity index (χ0v) is 19.6. The van der Waals surface area contributed by atoms with Crippen molar-refractivity contribution in [1.82, 2.24) is 10.3 Å². The Hall–Kier alpha value is -4.13. The minimum absolute atomic E-state index is 0.0790. The molecule has 0 saturated heterocycles. The van der Waals surface area contributed by atoms with Gasteiger partial charge in [-0.05, 0) is 57.5 Å². The van der Waals surface area contributed by atoms with Crippen LogP contribution < -0.4 is 10.6 Å². The fourth-order valence-electron chi connectivity index (χ4n) is 3.72. The number of rotatable bonds is 7. The molecule has 2 N–H and O–H groups in total. The molecule has 0 aliphatic carbocycles. The Morgan fingerprint density at radius 2 is 1.71 bits per heavy atom. The average Bonchev–Trinajstić information content (AvgIpc) is 3.38. The smallest absolute Gasteiger partial charge is 0.259 e. The van der Waals surface area contributed by atoms with Gasteiger partial charge in [-0.1, -0.05) is 36.4 Å². The molecule has 174 valence electrons. The number of carbonyl (C=O) groups is 2. The van der Waals surface area contributed by atoms with Gasteiger partial charge in [0.2, 0.25) is 11.8 Å². The van der Waals surface area contributed by atoms with E-state index < -0.39 is 0 Å². The second-order valence-electron chi connectivity index (χ2n) is 8.23. The SMILES string of the molecule is Cc1cc(C(=O)Nc2cccc(-c3nc(CNC(=O)[C@H](C)c4ccccc4)c(C)o3)c2)c(C)o1. The number of benzene rings is 2. The molecular formula is C27H27N3O4. The van der Waals surface area contributed by atoms with Gasteiger partial charge in [0.1, 0.15) is 23.0 Å². The molecule has 2 amide bonds. The van der Waals surface area contributed by atoms with Gasteiger partial charge in [0, 0.05) is 11.3 Å². The lowest BCUT2D eigenvalue weighted by molar-refractivity contribution is -0.122. The van der Waals surface area contributed by atoms with Crippen LogP contribution in [0.5, 0.6) is 0 Å². The molecule has 34 heavy (non-hydrogen) atoms. The molecule has 4 rings (SSSR count). The minimum Gasteiger partial charge on any atom is -0.466 e. The third kappa shape index (κ3) is 5.09. The van der Waals surface area contributed by atoms with Crippen molar-refractivity contribution in [3.05, 3.63) is 94.8 Å². The van der Waals surface area contributed by atoms with Gasteiger partial charge < -0.3 is 19.5 Å². The van der Waals surface area contributed by atoms with Gasteiger partial charge in [0.25, 0.3) is 5.91 Å². The molecular weight excluding hydrogens is 430 g/mol. The van der Waals surface area contributed by atoms with Gasteiger partial charge in [-0.25, -0.2) is 4.98 Å². The van der Waals surface area contributed by atoms with Gasteiger partial charge in [-0.15, -0.1) is 0 Å². The zero-order valence-electron chi connectivity index (χ0n) is 19.6. The van der Waals surface area contributed by atoms with Gasteiger partial charge in [-0.2, -0.15) is 0 Å². The van der Waals surface area contributed by atoms with Crippen molar-refractivity contribution in [2.24, 2.45) is 0 Å². The van der Waals surface area contributed by atoms with E-state index in [4.69, 9.17) is 8.83 Å². The molecule has 0 fully saturated rings. The van der Waals surface area contributed by atoms with Crippen molar-refractivity contribution in [2.45, 2.75) is 40.2 Å². The number of aryl methyl sites for hydroxylation is 3.